The molecule has 0 saturated heterocycles. The molecule has 0 unspecified atom stereocenters. The lowest BCUT2D eigenvalue weighted by Crippen LogP contribution is -2.19. The Morgan fingerprint density at radius 3 is 2.31 bits per heavy atom. The van der Waals surface area contributed by atoms with Crippen molar-refractivity contribution in [1.82, 2.24) is 4.57 Å². The van der Waals surface area contributed by atoms with Crippen LogP contribution in [0.3, 0.4) is 0 Å². The van der Waals surface area contributed by atoms with Gasteiger partial charge >= 0.3 is 0 Å². The van der Waals surface area contributed by atoms with Gasteiger partial charge in [-0.1, -0.05) is 29.8 Å². The van der Waals surface area contributed by atoms with Crippen LogP contribution in [0.2, 0.25) is 0 Å². The Morgan fingerprint density at radius 2 is 1.69 bits per heavy atom. The van der Waals surface area contributed by atoms with Crippen LogP contribution in [-0.4, -0.2) is 4.57 Å². The van der Waals surface area contributed by atoms with Gasteiger partial charge in [-0.3, -0.25) is 4.79 Å². The third-order valence-electron chi connectivity index (χ3n) is 2.63. The number of aromatic nitrogens is 1. The van der Waals surface area contributed by atoms with Gasteiger partial charge in [-0.25, -0.2) is 0 Å². The van der Waals surface area contributed by atoms with E-state index in [4.69, 9.17) is 0 Å². The molecule has 2 aromatic rings. The predicted molar refractivity (Wildman–Crippen MR) is 65.7 cm³/mol. The van der Waals surface area contributed by atoms with E-state index in [2.05, 4.69) is 31.2 Å². The van der Waals surface area contributed by atoms with E-state index in [-0.39, 0.29) is 5.56 Å². The molecule has 0 amide bonds. The normalized spacial score (nSPS) is 10.4. The van der Waals surface area contributed by atoms with Crippen LogP contribution in [0.4, 0.5) is 0 Å². The number of aryl methyl sites for hydroxylation is 2. The van der Waals surface area contributed by atoms with Gasteiger partial charge in [-0.05, 0) is 31.0 Å². The first kappa shape index (κ1) is 10.7. The van der Waals surface area contributed by atoms with Crippen LogP contribution in [0.15, 0.2) is 47.4 Å². The maximum atomic E-state index is 11.7. The third-order valence-corrected chi connectivity index (χ3v) is 2.63. The van der Waals surface area contributed by atoms with Crippen molar-refractivity contribution in [3.8, 4) is 0 Å². The molecule has 0 N–H and O–H groups in total. The molecule has 0 atom stereocenters. The van der Waals surface area contributed by atoms with Crippen molar-refractivity contribution in [2.75, 3.05) is 0 Å². The van der Waals surface area contributed by atoms with Gasteiger partial charge in [0.15, 0.2) is 0 Å². The summed E-state index contributed by atoms with van der Waals surface area (Å²) in [5.74, 6) is 0. The van der Waals surface area contributed by atoms with Gasteiger partial charge in [0, 0.05) is 12.3 Å². The monoisotopic (exact) mass is 213 g/mol. The first-order chi connectivity index (χ1) is 7.65. The van der Waals surface area contributed by atoms with Crippen LogP contribution < -0.4 is 5.56 Å². The number of rotatable bonds is 2. The largest absolute Gasteiger partial charge is 0.311 e. The minimum Gasteiger partial charge on any atom is -0.311 e. The molecular formula is C14H15NO. The molecule has 16 heavy (non-hydrogen) atoms. The Kier molecular flexibility index (Phi) is 2.91. The number of hydrogen-bond acceptors (Lipinski definition) is 1. The van der Waals surface area contributed by atoms with Crippen LogP contribution in [-0.2, 0) is 6.54 Å². The Labute approximate surface area is 95.2 Å². The summed E-state index contributed by atoms with van der Waals surface area (Å²) in [7, 11) is 0. The van der Waals surface area contributed by atoms with Gasteiger partial charge in [-0.15, -0.1) is 0 Å². The molecule has 0 aliphatic rings. The summed E-state index contributed by atoms with van der Waals surface area (Å²) in [6.07, 6.45) is 1.84. The Bertz CT molecular complexity index is 537. The van der Waals surface area contributed by atoms with E-state index < -0.39 is 0 Å². The molecule has 0 bridgehead atoms. The molecule has 82 valence electrons. The minimum atomic E-state index is 0.0561. The maximum absolute atomic E-state index is 11.7. The number of hydrogen-bond donors (Lipinski definition) is 0. The fourth-order valence-electron chi connectivity index (χ4n) is 1.63. The molecule has 0 fully saturated rings. The highest BCUT2D eigenvalue weighted by Gasteiger charge is 1.97. The molecule has 1 aromatic heterocycles. The highest BCUT2D eigenvalue weighted by atomic mass is 16.1. The Balaban J connectivity index is 2.27. The molecule has 0 aliphatic heterocycles. The topological polar surface area (TPSA) is 22.0 Å². The lowest BCUT2D eigenvalue weighted by Gasteiger charge is -2.06. The summed E-state index contributed by atoms with van der Waals surface area (Å²) in [5, 5.41) is 0. The SMILES string of the molecule is Cc1ccc(Cn2ccc(C)cc2=O)cc1. The van der Waals surface area contributed by atoms with Crippen molar-refractivity contribution in [3.05, 3.63) is 69.6 Å². The number of pyridine rings is 1. The summed E-state index contributed by atoms with van der Waals surface area (Å²) >= 11 is 0. The first-order valence-corrected chi connectivity index (χ1v) is 5.38. The van der Waals surface area contributed by atoms with Crippen molar-refractivity contribution in [3.63, 3.8) is 0 Å². The van der Waals surface area contributed by atoms with Gasteiger partial charge in [-0.2, -0.15) is 0 Å². The second kappa shape index (κ2) is 4.35. The maximum Gasteiger partial charge on any atom is 0.251 e. The molecule has 2 rings (SSSR count). The van der Waals surface area contributed by atoms with Gasteiger partial charge in [0.25, 0.3) is 5.56 Å². The van der Waals surface area contributed by atoms with Crippen LogP contribution in [0.1, 0.15) is 16.7 Å². The van der Waals surface area contributed by atoms with E-state index in [1.807, 2.05) is 19.2 Å². The van der Waals surface area contributed by atoms with Crippen molar-refractivity contribution >= 4 is 0 Å². The highest BCUT2D eigenvalue weighted by molar-refractivity contribution is 5.22. The summed E-state index contributed by atoms with van der Waals surface area (Å²) in [6, 6.07) is 11.9. The van der Waals surface area contributed by atoms with Crippen LogP contribution >= 0.6 is 0 Å². The standard InChI is InChI=1S/C14H15NO/c1-11-3-5-13(6-4-11)10-15-8-7-12(2)9-14(15)16/h3-9H,10H2,1-2H3. The van der Waals surface area contributed by atoms with E-state index in [0.717, 1.165) is 11.1 Å². The highest BCUT2D eigenvalue weighted by Crippen LogP contribution is 2.04. The Morgan fingerprint density at radius 1 is 1.00 bits per heavy atom. The second-order valence-corrected chi connectivity index (χ2v) is 4.16. The molecule has 0 aliphatic carbocycles. The second-order valence-electron chi connectivity index (χ2n) is 4.16. The van der Waals surface area contributed by atoms with E-state index >= 15 is 0 Å². The van der Waals surface area contributed by atoms with Gasteiger partial charge in [0.2, 0.25) is 0 Å². The van der Waals surface area contributed by atoms with Crippen LogP contribution in [0, 0.1) is 13.8 Å². The van der Waals surface area contributed by atoms with E-state index in [1.54, 1.807) is 10.6 Å². The van der Waals surface area contributed by atoms with Gasteiger partial charge in [0.05, 0.1) is 6.54 Å². The average Bonchev–Trinajstić information content (AvgIpc) is 2.25. The van der Waals surface area contributed by atoms with E-state index in [9.17, 15) is 4.79 Å². The molecule has 1 heterocycles. The lowest BCUT2D eigenvalue weighted by atomic mass is 10.1. The van der Waals surface area contributed by atoms with Crippen LogP contribution in [0.5, 0.6) is 0 Å². The van der Waals surface area contributed by atoms with Gasteiger partial charge in [0.1, 0.15) is 0 Å². The summed E-state index contributed by atoms with van der Waals surface area (Å²) in [5.41, 5.74) is 3.45. The quantitative estimate of drug-likeness (QED) is 0.751. The van der Waals surface area contributed by atoms with Crippen molar-refractivity contribution in [2.24, 2.45) is 0 Å². The van der Waals surface area contributed by atoms with E-state index in [0.29, 0.717) is 6.54 Å². The molecular weight excluding hydrogens is 198 g/mol. The summed E-state index contributed by atoms with van der Waals surface area (Å²) < 4.78 is 1.72. The van der Waals surface area contributed by atoms with Crippen molar-refractivity contribution in [1.29, 1.82) is 0 Å². The molecule has 1 aromatic carbocycles. The molecule has 2 heteroatoms. The predicted octanol–water partition coefficient (Wildman–Crippen LogP) is 2.51. The zero-order chi connectivity index (χ0) is 11.5. The molecule has 0 saturated carbocycles. The lowest BCUT2D eigenvalue weighted by molar-refractivity contribution is 0.757. The van der Waals surface area contributed by atoms with Gasteiger partial charge < -0.3 is 4.57 Å². The average molecular weight is 213 g/mol. The van der Waals surface area contributed by atoms with Crippen molar-refractivity contribution < 1.29 is 0 Å². The van der Waals surface area contributed by atoms with Crippen LogP contribution in [0.25, 0.3) is 0 Å². The number of nitrogens with zero attached hydrogens (tertiary/aromatic N) is 1. The fourth-order valence-corrected chi connectivity index (χ4v) is 1.63. The minimum absolute atomic E-state index is 0.0561. The zero-order valence-electron chi connectivity index (χ0n) is 9.60. The summed E-state index contributed by atoms with van der Waals surface area (Å²) in [6.45, 7) is 4.62. The molecule has 2 nitrogen and oxygen atoms in total. The third kappa shape index (κ3) is 2.40. The Hall–Kier alpha value is -1.83. The number of benzene rings is 1. The summed E-state index contributed by atoms with van der Waals surface area (Å²) in [4.78, 5) is 11.7. The zero-order valence-corrected chi connectivity index (χ0v) is 9.60. The molecule has 0 spiro atoms. The smallest absolute Gasteiger partial charge is 0.251 e. The first-order valence-electron chi connectivity index (χ1n) is 5.38. The molecule has 0 radical (unpaired) electrons. The van der Waals surface area contributed by atoms with E-state index in [1.165, 1.54) is 5.56 Å². The van der Waals surface area contributed by atoms with Crippen molar-refractivity contribution in [2.45, 2.75) is 20.4 Å². The fraction of sp³-hybridized carbons (Fsp3) is 0.214.